The Morgan fingerprint density at radius 3 is 2.75 bits per heavy atom. The van der Waals surface area contributed by atoms with E-state index < -0.39 is 0 Å². The molecule has 2 heterocycles. The number of likely N-dealkylation sites (N-methyl/N-ethyl adjacent to an activating group) is 1. The van der Waals surface area contributed by atoms with Crippen molar-refractivity contribution in [2.45, 2.75) is 37.8 Å². The summed E-state index contributed by atoms with van der Waals surface area (Å²) >= 11 is 1.96. The highest BCUT2D eigenvalue weighted by Crippen LogP contribution is 2.22. The van der Waals surface area contributed by atoms with Crippen molar-refractivity contribution in [1.29, 1.82) is 0 Å². The SMILES string of the molecule is CN(C(=O)C1CCCCN1)C1CCSC1.Cl. The second kappa shape index (κ2) is 6.72. The quantitative estimate of drug-likeness (QED) is 0.821. The molecule has 2 unspecified atom stereocenters. The van der Waals surface area contributed by atoms with Gasteiger partial charge >= 0.3 is 0 Å². The summed E-state index contributed by atoms with van der Waals surface area (Å²) in [5.74, 6) is 2.64. The van der Waals surface area contributed by atoms with Crippen LogP contribution in [0.2, 0.25) is 0 Å². The van der Waals surface area contributed by atoms with Crippen molar-refractivity contribution >= 4 is 30.1 Å². The second-order valence-electron chi connectivity index (χ2n) is 4.47. The van der Waals surface area contributed by atoms with E-state index in [0.717, 1.165) is 18.7 Å². The summed E-state index contributed by atoms with van der Waals surface area (Å²) < 4.78 is 0. The summed E-state index contributed by atoms with van der Waals surface area (Å²) in [6, 6.07) is 0.570. The lowest BCUT2D eigenvalue weighted by Gasteiger charge is -2.30. The summed E-state index contributed by atoms with van der Waals surface area (Å²) in [7, 11) is 1.97. The highest BCUT2D eigenvalue weighted by Gasteiger charge is 2.29. The molecule has 2 rings (SSSR count). The molecule has 16 heavy (non-hydrogen) atoms. The first-order valence-corrected chi connectivity index (χ1v) is 7.02. The molecule has 2 fully saturated rings. The van der Waals surface area contributed by atoms with Gasteiger partial charge in [-0.25, -0.2) is 0 Å². The number of carbonyl (C=O) groups is 1. The average molecular weight is 265 g/mol. The van der Waals surface area contributed by atoms with Gasteiger partial charge in [-0.05, 0) is 31.6 Å². The Morgan fingerprint density at radius 2 is 2.19 bits per heavy atom. The molecule has 1 N–H and O–H groups in total. The summed E-state index contributed by atoms with van der Waals surface area (Å²) in [4.78, 5) is 14.1. The minimum atomic E-state index is 0. The van der Waals surface area contributed by atoms with Crippen LogP contribution in [0, 0.1) is 0 Å². The number of halogens is 1. The third kappa shape index (κ3) is 3.28. The number of nitrogens with zero attached hydrogens (tertiary/aromatic N) is 1. The molecular formula is C11H21ClN2OS. The fraction of sp³-hybridized carbons (Fsp3) is 0.909. The Morgan fingerprint density at radius 1 is 1.38 bits per heavy atom. The van der Waals surface area contributed by atoms with Crippen LogP contribution in [-0.2, 0) is 4.79 Å². The first kappa shape index (κ1) is 14.1. The van der Waals surface area contributed by atoms with Gasteiger partial charge in [0.15, 0.2) is 0 Å². The van der Waals surface area contributed by atoms with Crippen LogP contribution in [0.1, 0.15) is 25.7 Å². The summed E-state index contributed by atoms with van der Waals surface area (Å²) in [6.07, 6.45) is 4.59. The van der Waals surface area contributed by atoms with Gasteiger partial charge in [-0.3, -0.25) is 4.79 Å². The molecule has 0 aromatic rings. The van der Waals surface area contributed by atoms with Crippen LogP contribution in [-0.4, -0.2) is 48.0 Å². The van der Waals surface area contributed by atoms with E-state index in [1.807, 2.05) is 23.7 Å². The van der Waals surface area contributed by atoms with E-state index in [2.05, 4.69) is 5.32 Å². The number of nitrogens with one attached hydrogen (secondary N) is 1. The largest absolute Gasteiger partial charge is 0.341 e. The van der Waals surface area contributed by atoms with Gasteiger partial charge in [0, 0.05) is 18.8 Å². The lowest BCUT2D eigenvalue weighted by molar-refractivity contribution is -0.134. The van der Waals surface area contributed by atoms with Crippen molar-refractivity contribution in [2.75, 3.05) is 25.1 Å². The normalized spacial score (nSPS) is 29.6. The number of hydrogen-bond acceptors (Lipinski definition) is 3. The first-order chi connectivity index (χ1) is 7.29. The molecule has 0 saturated carbocycles. The van der Waals surface area contributed by atoms with Crippen LogP contribution in [0.3, 0.4) is 0 Å². The van der Waals surface area contributed by atoms with Crippen LogP contribution in [0.5, 0.6) is 0 Å². The molecule has 0 spiro atoms. The molecular weight excluding hydrogens is 244 g/mol. The van der Waals surface area contributed by atoms with E-state index in [1.165, 1.54) is 25.0 Å². The maximum absolute atomic E-state index is 12.1. The van der Waals surface area contributed by atoms with Gasteiger partial charge in [0.2, 0.25) is 5.91 Å². The Balaban J connectivity index is 0.00000128. The topological polar surface area (TPSA) is 32.3 Å². The number of piperidine rings is 1. The van der Waals surface area contributed by atoms with Crippen LogP contribution in [0.15, 0.2) is 0 Å². The summed E-state index contributed by atoms with van der Waals surface area (Å²) in [5, 5.41) is 3.33. The maximum Gasteiger partial charge on any atom is 0.239 e. The predicted octanol–water partition coefficient (Wildman–Crippen LogP) is 1.51. The van der Waals surface area contributed by atoms with Gasteiger partial charge in [0.05, 0.1) is 6.04 Å². The number of thioether (sulfide) groups is 1. The van der Waals surface area contributed by atoms with Crippen LogP contribution >= 0.6 is 24.2 Å². The molecule has 2 aliphatic rings. The Kier molecular flexibility index (Phi) is 5.94. The van der Waals surface area contributed by atoms with Crippen LogP contribution < -0.4 is 5.32 Å². The number of rotatable bonds is 2. The van der Waals surface area contributed by atoms with Crippen molar-refractivity contribution in [1.82, 2.24) is 10.2 Å². The van der Waals surface area contributed by atoms with E-state index in [1.54, 1.807) is 0 Å². The van der Waals surface area contributed by atoms with Crippen molar-refractivity contribution in [2.24, 2.45) is 0 Å². The fourth-order valence-electron chi connectivity index (χ4n) is 2.32. The molecule has 0 aromatic heterocycles. The minimum absolute atomic E-state index is 0. The van der Waals surface area contributed by atoms with Gasteiger partial charge < -0.3 is 10.2 Å². The highest BCUT2D eigenvalue weighted by molar-refractivity contribution is 7.99. The highest BCUT2D eigenvalue weighted by atomic mass is 35.5. The zero-order valence-electron chi connectivity index (χ0n) is 9.78. The van der Waals surface area contributed by atoms with Gasteiger partial charge in [0.1, 0.15) is 0 Å². The number of carbonyl (C=O) groups excluding carboxylic acids is 1. The molecule has 3 nitrogen and oxygen atoms in total. The Bertz CT molecular complexity index is 228. The van der Waals surface area contributed by atoms with Gasteiger partial charge in [0.25, 0.3) is 0 Å². The molecule has 2 saturated heterocycles. The van der Waals surface area contributed by atoms with Gasteiger partial charge in [-0.15, -0.1) is 12.4 Å². The molecule has 2 aliphatic heterocycles. The van der Waals surface area contributed by atoms with Crippen molar-refractivity contribution in [3.05, 3.63) is 0 Å². The second-order valence-corrected chi connectivity index (χ2v) is 5.62. The number of hydrogen-bond donors (Lipinski definition) is 1. The number of amides is 1. The molecule has 94 valence electrons. The van der Waals surface area contributed by atoms with E-state index in [-0.39, 0.29) is 18.4 Å². The van der Waals surface area contributed by atoms with E-state index in [9.17, 15) is 4.79 Å². The van der Waals surface area contributed by atoms with Crippen molar-refractivity contribution < 1.29 is 4.79 Å². The fourth-order valence-corrected chi connectivity index (χ4v) is 3.58. The monoisotopic (exact) mass is 264 g/mol. The third-order valence-electron chi connectivity index (χ3n) is 3.41. The molecule has 2 atom stereocenters. The zero-order valence-corrected chi connectivity index (χ0v) is 11.4. The molecule has 1 amide bonds. The molecule has 0 aliphatic carbocycles. The van der Waals surface area contributed by atoms with E-state index in [4.69, 9.17) is 0 Å². The van der Waals surface area contributed by atoms with Gasteiger partial charge in [-0.2, -0.15) is 11.8 Å². The minimum Gasteiger partial charge on any atom is -0.341 e. The van der Waals surface area contributed by atoms with E-state index >= 15 is 0 Å². The predicted molar refractivity (Wildman–Crippen MR) is 71.4 cm³/mol. The smallest absolute Gasteiger partial charge is 0.239 e. The summed E-state index contributed by atoms with van der Waals surface area (Å²) in [5.41, 5.74) is 0. The zero-order chi connectivity index (χ0) is 10.7. The van der Waals surface area contributed by atoms with E-state index in [0.29, 0.717) is 11.9 Å². The van der Waals surface area contributed by atoms with Crippen molar-refractivity contribution in [3.8, 4) is 0 Å². The standard InChI is InChI=1S/C11H20N2OS.ClH/c1-13(9-5-7-15-8-9)11(14)10-4-2-3-6-12-10;/h9-10,12H,2-8H2,1H3;1H. The third-order valence-corrected chi connectivity index (χ3v) is 4.55. The molecule has 5 heteroatoms. The first-order valence-electron chi connectivity index (χ1n) is 5.87. The lowest BCUT2D eigenvalue weighted by atomic mass is 10.0. The lowest BCUT2D eigenvalue weighted by Crippen LogP contribution is -2.50. The average Bonchev–Trinajstić information content (AvgIpc) is 2.82. The van der Waals surface area contributed by atoms with Crippen LogP contribution in [0.4, 0.5) is 0 Å². The Hall–Kier alpha value is 0.0700. The Labute approximate surface area is 108 Å². The molecule has 0 bridgehead atoms. The van der Waals surface area contributed by atoms with Crippen LogP contribution in [0.25, 0.3) is 0 Å². The maximum atomic E-state index is 12.1. The van der Waals surface area contributed by atoms with Gasteiger partial charge in [-0.1, -0.05) is 6.42 Å². The van der Waals surface area contributed by atoms with Crippen molar-refractivity contribution in [3.63, 3.8) is 0 Å². The molecule has 0 aromatic carbocycles. The summed E-state index contributed by atoms with van der Waals surface area (Å²) in [6.45, 7) is 1.00. The molecule has 0 radical (unpaired) electrons.